The molecule has 3 aromatic rings. The van der Waals surface area contributed by atoms with Crippen molar-refractivity contribution in [2.24, 2.45) is 0 Å². The van der Waals surface area contributed by atoms with Gasteiger partial charge in [0.05, 0.1) is 18.2 Å². The highest BCUT2D eigenvalue weighted by molar-refractivity contribution is 6.02. The van der Waals surface area contributed by atoms with Crippen LogP contribution in [0.2, 0.25) is 0 Å². The molecule has 1 N–H and O–H groups in total. The number of hydrogen-bond donors (Lipinski definition) is 1. The molecule has 0 aliphatic carbocycles. The molecule has 1 heterocycles. The third kappa shape index (κ3) is 4.14. The van der Waals surface area contributed by atoms with E-state index in [9.17, 15) is 14.0 Å². The number of carbonyl (C=O) groups excluding carboxylic acids is 2. The van der Waals surface area contributed by atoms with Crippen molar-refractivity contribution in [3.05, 3.63) is 94.8 Å². The monoisotopic (exact) mass is 418 g/mol. The van der Waals surface area contributed by atoms with Crippen molar-refractivity contribution >= 4 is 17.5 Å². The van der Waals surface area contributed by atoms with E-state index in [0.29, 0.717) is 29.2 Å². The summed E-state index contributed by atoms with van der Waals surface area (Å²) in [6.07, 6.45) is 0. The lowest BCUT2D eigenvalue weighted by atomic mass is 9.94. The first-order valence-electron chi connectivity index (χ1n) is 10.2. The van der Waals surface area contributed by atoms with Gasteiger partial charge < -0.3 is 15.0 Å². The number of amides is 2. The lowest BCUT2D eigenvalue weighted by Gasteiger charge is -2.31. The van der Waals surface area contributed by atoms with Crippen molar-refractivity contribution in [3.8, 4) is 5.75 Å². The number of aryl methyl sites for hydroxylation is 1. The number of rotatable bonds is 4. The van der Waals surface area contributed by atoms with Gasteiger partial charge in [0, 0.05) is 11.3 Å². The van der Waals surface area contributed by atoms with Crippen LogP contribution in [-0.2, 0) is 4.79 Å². The molecule has 0 aromatic heterocycles. The quantitative estimate of drug-likeness (QED) is 0.667. The molecule has 2 amide bonds. The molecule has 0 spiro atoms. The molecule has 4 rings (SSSR count). The van der Waals surface area contributed by atoms with Gasteiger partial charge >= 0.3 is 0 Å². The summed E-state index contributed by atoms with van der Waals surface area (Å²) in [5.74, 6) is -0.530. The summed E-state index contributed by atoms with van der Waals surface area (Å²) >= 11 is 0. The fourth-order valence-corrected chi connectivity index (χ4v) is 3.90. The highest BCUT2D eigenvalue weighted by Gasteiger charge is 2.35. The predicted octanol–water partition coefficient (Wildman–Crippen LogP) is 4.72. The Balaban J connectivity index is 1.89. The number of carbonyl (C=O) groups is 2. The standard InChI is InChI=1S/C25H23FN2O3/c1-3-31-22-7-5-4-6-19(22)25(30)28-15-23(29)27-21-13-8-16(2)14-20(21)24(28)17-9-11-18(26)12-10-17/h4-14,24H,3,15H2,1-2H3,(H,27,29). The van der Waals surface area contributed by atoms with Gasteiger partial charge in [0.15, 0.2) is 0 Å². The number of halogens is 1. The smallest absolute Gasteiger partial charge is 0.258 e. The lowest BCUT2D eigenvalue weighted by Crippen LogP contribution is -2.39. The molecule has 0 radical (unpaired) electrons. The number of hydrogen-bond acceptors (Lipinski definition) is 3. The summed E-state index contributed by atoms with van der Waals surface area (Å²) in [4.78, 5) is 28.0. The van der Waals surface area contributed by atoms with Gasteiger partial charge in [0.2, 0.25) is 5.91 Å². The zero-order valence-corrected chi connectivity index (χ0v) is 17.4. The van der Waals surface area contributed by atoms with E-state index < -0.39 is 6.04 Å². The topological polar surface area (TPSA) is 58.6 Å². The Morgan fingerprint density at radius 3 is 2.61 bits per heavy atom. The van der Waals surface area contributed by atoms with Crippen LogP contribution < -0.4 is 10.1 Å². The molecule has 0 bridgehead atoms. The largest absolute Gasteiger partial charge is 0.493 e. The van der Waals surface area contributed by atoms with Crippen LogP contribution in [0.15, 0.2) is 66.7 Å². The van der Waals surface area contributed by atoms with Crippen LogP contribution in [0.25, 0.3) is 0 Å². The van der Waals surface area contributed by atoms with E-state index in [-0.39, 0.29) is 24.2 Å². The minimum atomic E-state index is -0.573. The van der Waals surface area contributed by atoms with Crippen LogP contribution in [0, 0.1) is 12.7 Å². The van der Waals surface area contributed by atoms with Crippen molar-refractivity contribution in [2.75, 3.05) is 18.5 Å². The average molecular weight is 418 g/mol. The summed E-state index contributed by atoms with van der Waals surface area (Å²) in [6, 6.07) is 18.1. The van der Waals surface area contributed by atoms with Crippen LogP contribution in [0.3, 0.4) is 0 Å². The van der Waals surface area contributed by atoms with Crippen LogP contribution in [-0.4, -0.2) is 29.9 Å². The van der Waals surface area contributed by atoms with Gasteiger partial charge in [-0.05, 0) is 49.7 Å². The van der Waals surface area contributed by atoms with Gasteiger partial charge in [0.25, 0.3) is 5.91 Å². The second-order valence-corrected chi connectivity index (χ2v) is 7.46. The third-order valence-electron chi connectivity index (χ3n) is 5.27. The first-order chi connectivity index (χ1) is 15.0. The Labute approximate surface area is 180 Å². The summed E-state index contributed by atoms with van der Waals surface area (Å²) < 4.78 is 19.3. The first-order valence-corrected chi connectivity index (χ1v) is 10.2. The zero-order valence-electron chi connectivity index (χ0n) is 17.4. The van der Waals surface area contributed by atoms with E-state index in [4.69, 9.17) is 4.74 Å². The third-order valence-corrected chi connectivity index (χ3v) is 5.27. The number of nitrogens with zero attached hydrogens (tertiary/aromatic N) is 1. The van der Waals surface area contributed by atoms with E-state index in [1.54, 1.807) is 36.4 Å². The molecule has 1 atom stereocenters. The molecule has 31 heavy (non-hydrogen) atoms. The van der Waals surface area contributed by atoms with Gasteiger partial charge in [-0.2, -0.15) is 0 Å². The van der Waals surface area contributed by atoms with Crippen LogP contribution in [0.1, 0.15) is 40.0 Å². The van der Waals surface area contributed by atoms with Crippen molar-refractivity contribution in [3.63, 3.8) is 0 Å². The Bertz CT molecular complexity index is 1130. The molecular weight excluding hydrogens is 395 g/mol. The molecule has 3 aromatic carbocycles. The van der Waals surface area contributed by atoms with Crippen molar-refractivity contribution < 1.29 is 18.7 Å². The van der Waals surface area contributed by atoms with Crippen molar-refractivity contribution in [1.29, 1.82) is 0 Å². The number of para-hydroxylation sites is 1. The van der Waals surface area contributed by atoms with E-state index >= 15 is 0 Å². The summed E-state index contributed by atoms with van der Waals surface area (Å²) in [5, 5.41) is 2.90. The van der Waals surface area contributed by atoms with Crippen molar-refractivity contribution in [2.45, 2.75) is 19.9 Å². The second kappa shape index (κ2) is 8.60. The number of anilines is 1. The second-order valence-electron chi connectivity index (χ2n) is 7.46. The molecule has 0 saturated carbocycles. The van der Waals surface area contributed by atoms with E-state index in [0.717, 1.165) is 11.1 Å². The van der Waals surface area contributed by atoms with Gasteiger partial charge in [-0.25, -0.2) is 4.39 Å². The summed E-state index contributed by atoms with van der Waals surface area (Å²) in [6.45, 7) is 4.06. The molecule has 6 heteroatoms. The average Bonchev–Trinajstić information content (AvgIpc) is 2.90. The van der Waals surface area contributed by atoms with Crippen molar-refractivity contribution in [1.82, 2.24) is 4.90 Å². The first kappa shape index (κ1) is 20.6. The van der Waals surface area contributed by atoms with Gasteiger partial charge in [-0.1, -0.05) is 42.0 Å². The Morgan fingerprint density at radius 2 is 1.87 bits per heavy atom. The molecule has 5 nitrogen and oxygen atoms in total. The maximum Gasteiger partial charge on any atom is 0.258 e. The SMILES string of the molecule is CCOc1ccccc1C(=O)N1CC(=O)Nc2ccc(C)cc2C1c1ccc(F)cc1. The predicted molar refractivity (Wildman–Crippen MR) is 117 cm³/mol. The van der Waals surface area contributed by atoms with E-state index in [1.807, 2.05) is 32.0 Å². The van der Waals surface area contributed by atoms with Crippen LogP contribution >= 0.6 is 0 Å². The van der Waals surface area contributed by atoms with Gasteiger partial charge in [0.1, 0.15) is 18.1 Å². The fraction of sp³-hybridized carbons (Fsp3) is 0.200. The Kier molecular flexibility index (Phi) is 5.71. The lowest BCUT2D eigenvalue weighted by molar-refractivity contribution is -0.117. The molecule has 0 saturated heterocycles. The highest BCUT2D eigenvalue weighted by atomic mass is 19.1. The zero-order chi connectivity index (χ0) is 22.0. The van der Waals surface area contributed by atoms with E-state index in [1.165, 1.54) is 17.0 Å². The molecule has 0 fully saturated rings. The van der Waals surface area contributed by atoms with Crippen LogP contribution in [0.5, 0.6) is 5.75 Å². The molecular formula is C25H23FN2O3. The summed E-state index contributed by atoms with van der Waals surface area (Å²) in [5.41, 5.74) is 3.49. The van der Waals surface area contributed by atoms with Crippen LogP contribution in [0.4, 0.5) is 10.1 Å². The molecule has 1 unspecified atom stereocenters. The number of fused-ring (bicyclic) bond motifs is 1. The minimum absolute atomic E-state index is 0.144. The molecule has 1 aliphatic heterocycles. The summed E-state index contributed by atoms with van der Waals surface area (Å²) in [7, 11) is 0. The van der Waals surface area contributed by atoms with Gasteiger partial charge in [-0.3, -0.25) is 9.59 Å². The fourth-order valence-electron chi connectivity index (χ4n) is 3.90. The number of benzene rings is 3. The van der Waals surface area contributed by atoms with Gasteiger partial charge in [-0.15, -0.1) is 0 Å². The minimum Gasteiger partial charge on any atom is -0.493 e. The Morgan fingerprint density at radius 1 is 1.13 bits per heavy atom. The highest BCUT2D eigenvalue weighted by Crippen LogP contribution is 2.38. The number of nitrogens with one attached hydrogen (secondary N) is 1. The Hall–Kier alpha value is -3.67. The molecule has 1 aliphatic rings. The number of ether oxygens (including phenoxy) is 1. The maximum absolute atomic E-state index is 13.7. The molecule has 158 valence electrons. The van der Waals surface area contributed by atoms with E-state index in [2.05, 4.69) is 5.32 Å². The normalized spacial score (nSPS) is 15.6. The maximum atomic E-state index is 13.7.